The predicted molar refractivity (Wildman–Crippen MR) is 59.2 cm³/mol. The fourth-order valence-corrected chi connectivity index (χ4v) is 3.38. The Kier molecular flexibility index (Phi) is 6.54. The fourth-order valence-electron chi connectivity index (χ4n) is 1.12. The molecule has 0 bridgehead atoms. The first-order chi connectivity index (χ1) is 4.71. The SMILES string of the molecule is CC.CC(C)(C)PC(C)(C)C. The van der Waals surface area contributed by atoms with Gasteiger partial charge in [0, 0.05) is 0 Å². The molecule has 0 unspecified atom stereocenters. The van der Waals surface area contributed by atoms with Gasteiger partial charge in [0.1, 0.15) is 0 Å². The molecule has 0 aromatic heterocycles. The molecule has 0 saturated carbocycles. The quantitative estimate of drug-likeness (QED) is 0.483. The van der Waals surface area contributed by atoms with Gasteiger partial charge in [-0.3, -0.25) is 0 Å². The van der Waals surface area contributed by atoms with Crippen LogP contribution >= 0.6 is 8.58 Å². The van der Waals surface area contributed by atoms with Crippen LogP contribution in [0.15, 0.2) is 0 Å². The van der Waals surface area contributed by atoms with Crippen molar-refractivity contribution >= 4 is 8.58 Å². The molecular formula is C10H25P. The summed E-state index contributed by atoms with van der Waals surface area (Å²) in [5.74, 6) is 0. The smallest absolute Gasteiger partial charge is 0.0202 e. The van der Waals surface area contributed by atoms with Crippen LogP contribution in [0.3, 0.4) is 0 Å². The molecule has 0 aliphatic rings. The van der Waals surface area contributed by atoms with E-state index in [9.17, 15) is 0 Å². The monoisotopic (exact) mass is 176 g/mol. The molecule has 0 heterocycles. The summed E-state index contributed by atoms with van der Waals surface area (Å²) in [6.07, 6.45) is 0. The molecule has 0 amide bonds. The second-order valence-corrected chi connectivity index (χ2v) is 7.88. The Morgan fingerprint density at radius 3 is 0.818 bits per heavy atom. The highest BCUT2D eigenvalue weighted by molar-refractivity contribution is 7.41. The van der Waals surface area contributed by atoms with Gasteiger partial charge >= 0.3 is 0 Å². The van der Waals surface area contributed by atoms with Crippen molar-refractivity contribution in [3.63, 3.8) is 0 Å². The van der Waals surface area contributed by atoms with E-state index in [1.165, 1.54) is 0 Å². The van der Waals surface area contributed by atoms with Gasteiger partial charge in [0.15, 0.2) is 0 Å². The Balaban J connectivity index is 0. The predicted octanol–water partition coefficient (Wildman–Crippen LogP) is 4.29. The summed E-state index contributed by atoms with van der Waals surface area (Å²) in [6.45, 7) is 17.8. The van der Waals surface area contributed by atoms with Gasteiger partial charge in [0.2, 0.25) is 0 Å². The van der Waals surface area contributed by atoms with Gasteiger partial charge in [-0.2, -0.15) is 0 Å². The summed E-state index contributed by atoms with van der Waals surface area (Å²) in [6, 6.07) is 0. The van der Waals surface area contributed by atoms with E-state index < -0.39 is 0 Å². The maximum absolute atomic E-state index is 2.30. The zero-order valence-corrected chi connectivity index (χ0v) is 10.5. The van der Waals surface area contributed by atoms with Gasteiger partial charge in [-0.15, -0.1) is 8.58 Å². The van der Waals surface area contributed by atoms with Gasteiger partial charge in [-0.05, 0) is 10.3 Å². The summed E-state index contributed by atoms with van der Waals surface area (Å²) in [5, 5.41) is 1.02. The van der Waals surface area contributed by atoms with Crippen LogP contribution in [0.5, 0.6) is 0 Å². The zero-order chi connectivity index (χ0) is 9.71. The van der Waals surface area contributed by atoms with Crippen LogP contribution in [0.1, 0.15) is 55.4 Å². The number of hydrogen-bond donors (Lipinski definition) is 0. The molecular weight excluding hydrogens is 151 g/mol. The Bertz CT molecular complexity index is 70.0. The molecule has 1 heteroatoms. The lowest BCUT2D eigenvalue weighted by atomic mass is 10.2. The van der Waals surface area contributed by atoms with Gasteiger partial charge in [0.25, 0.3) is 0 Å². The molecule has 0 spiro atoms. The minimum absolute atomic E-state index is 0.512. The fraction of sp³-hybridized carbons (Fsp3) is 1.00. The highest BCUT2D eigenvalue weighted by atomic mass is 31.1. The normalized spacial score (nSPS) is 12.0. The maximum atomic E-state index is 2.30. The minimum atomic E-state index is 0.512. The van der Waals surface area contributed by atoms with Crippen LogP contribution in [0, 0.1) is 0 Å². The van der Waals surface area contributed by atoms with Crippen molar-refractivity contribution in [1.82, 2.24) is 0 Å². The summed E-state index contributed by atoms with van der Waals surface area (Å²) < 4.78 is 0. The summed E-state index contributed by atoms with van der Waals surface area (Å²) in [7, 11) is 1.05. The van der Waals surface area contributed by atoms with Crippen LogP contribution < -0.4 is 0 Å². The molecule has 70 valence electrons. The van der Waals surface area contributed by atoms with Crippen molar-refractivity contribution in [2.24, 2.45) is 0 Å². The van der Waals surface area contributed by atoms with Gasteiger partial charge in [-0.25, -0.2) is 0 Å². The first-order valence-electron chi connectivity index (χ1n) is 4.50. The third-order valence-electron chi connectivity index (χ3n) is 0.750. The first-order valence-corrected chi connectivity index (χ1v) is 5.50. The lowest BCUT2D eigenvalue weighted by Gasteiger charge is -2.28. The molecule has 0 rings (SSSR count). The van der Waals surface area contributed by atoms with E-state index in [2.05, 4.69) is 41.5 Å². The van der Waals surface area contributed by atoms with Crippen LogP contribution in [0.25, 0.3) is 0 Å². The van der Waals surface area contributed by atoms with Gasteiger partial charge < -0.3 is 0 Å². The molecule has 0 saturated heterocycles. The third-order valence-corrected chi connectivity index (χ3v) is 2.25. The van der Waals surface area contributed by atoms with Crippen molar-refractivity contribution in [2.75, 3.05) is 0 Å². The van der Waals surface area contributed by atoms with E-state index in [1.54, 1.807) is 0 Å². The summed E-state index contributed by atoms with van der Waals surface area (Å²) in [5.41, 5.74) is 0. The van der Waals surface area contributed by atoms with Gasteiger partial charge in [0.05, 0.1) is 0 Å². The molecule has 0 radical (unpaired) electrons. The van der Waals surface area contributed by atoms with Crippen molar-refractivity contribution in [2.45, 2.75) is 65.7 Å². The topological polar surface area (TPSA) is 0 Å². The maximum Gasteiger partial charge on any atom is -0.0202 e. The zero-order valence-electron chi connectivity index (χ0n) is 9.50. The Labute approximate surface area is 74.9 Å². The lowest BCUT2D eigenvalue weighted by Crippen LogP contribution is -2.16. The van der Waals surface area contributed by atoms with E-state index >= 15 is 0 Å². The summed E-state index contributed by atoms with van der Waals surface area (Å²) in [4.78, 5) is 0. The van der Waals surface area contributed by atoms with Crippen molar-refractivity contribution in [3.05, 3.63) is 0 Å². The molecule has 0 atom stereocenters. The molecule has 11 heavy (non-hydrogen) atoms. The van der Waals surface area contributed by atoms with E-state index in [4.69, 9.17) is 0 Å². The van der Waals surface area contributed by atoms with Crippen LogP contribution in [0.4, 0.5) is 0 Å². The van der Waals surface area contributed by atoms with E-state index in [-0.39, 0.29) is 0 Å². The Morgan fingerprint density at radius 1 is 0.636 bits per heavy atom. The largest absolute Gasteiger partial charge is 0.111 e. The third kappa shape index (κ3) is 17.9. The molecule has 0 aromatic carbocycles. The minimum Gasteiger partial charge on any atom is -0.111 e. The first kappa shape index (κ1) is 14.0. The second-order valence-electron chi connectivity index (χ2n) is 4.62. The van der Waals surface area contributed by atoms with E-state index in [1.807, 2.05) is 13.8 Å². The average Bonchev–Trinajstić information content (AvgIpc) is 1.60. The molecule has 0 nitrogen and oxygen atoms in total. The van der Waals surface area contributed by atoms with Crippen LogP contribution in [0.2, 0.25) is 0 Å². The van der Waals surface area contributed by atoms with Crippen LogP contribution in [-0.2, 0) is 0 Å². The highest BCUT2D eigenvalue weighted by Crippen LogP contribution is 2.41. The Hall–Kier alpha value is 0.430. The lowest BCUT2D eigenvalue weighted by molar-refractivity contribution is 0.725. The average molecular weight is 176 g/mol. The van der Waals surface area contributed by atoms with Crippen molar-refractivity contribution in [1.29, 1.82) is 0 Å². The van der Waals surface area contributed by atoms with Crippen LogP contribution in [-0.4, -0.2) is 10.3 Å². The molecule has 0 N–H and O–H groups in total. The van der Waals surface area contributed by atoms with Crippen molar-refractivity contribution < 1.29 is 0 Å². The molecule has 0 aliphatic heterocycles. The molecule has 0 aliphatic carbocycles. The van der Waals surface area contributed by atoms with E-state index in [0.29, 0.717) is 10.3 Å². The highest BCUT2D eigenvalue weighted by Gasteiger charge is 2.19. The number of rotatable bonds is 0. The Morgan fingerprint density at radius 2 is 0.818 bits per heavy atom. The van der Waals surface area contributed by atoms with Gasteiger partial charge in [-0.1, -0.05) is 55.4 Å². The molecule has 0 fully saturated rings. The van der Waals surface area contributed by atoms with E-state index in [0.717, 1.165) is 8.58 Å². The molecule has 0 aromatic rings. The summed E-state index contributed by atoms with van der Waals surface area (Å²) >= 11 is 0. The second kappa shape index (κ2) is 5.14. The standard InChI is InChI=1S/C8H19P.C2H6/c1-7(2,3)9-8(4,5)6;1-2/h9H,1-6H3;1-2H3. The van der Waals surface area contributed by atoms with Crippen molar-refractivity contribution in [3.8, 4) is 0 Å². The number of hydrogen-bond acceptors (Lipinski definition) is 0.